The number of ketones is 2. The number of aromatic nitrogens is 2. The highest BCUT2D eigenvalue weighted by atomic mass is 32.2. The number of methoxy groups -OCH3 is 1. The number of carbonyl (C=O) groups excluding carboxylic acids is 3. The van der Waals surface area contributed by atoms with Crippen molar-refractivity contribution >= 4 is 46.4 Å². The molecule has 0 bridgehead atoms. The van der Waals surface area contributed by atoms with Gasteiger partial charge in [-0.1, -0.05) is 20.8 Å². The van der Waals surface area contributed by atoms with Gasteiger partial charge >= 0.3 is 6.09 Å². The van der Waals surface area contributed by atoms with E-state index in [2.05, 4.69) is 40.8 Å². The van der Waals surface area contributed by atoms with Crippen LogP contribution in [0, 0.1) is 40.4 Å². The first-order chi connectivity index (χ1) is 20.0. The summed E-state index contributed by atoms with van der Waals surface area (Å²) < 4.78 is 4.51. The lowest BCUT2D eigenvalue weighted by Crippen LogP contribution is -2.58. The van der Waals surface area contributed by atoms with Crippen molar-refractivity contribution in [3.05, 3.63) is 18.2 Å². The molecular formula is C33H47N3O5S. The molecule has 1 amide bonds. The highest BCUT2D eigenvalue weighted by molar-refractivity contribution is 7.99. The summed E-state index contributed by atoms with van der Waals surface area (Å²) in [5, 5.41) is 12.6. The number of aliphatic hydroxyl groups excluding tert-OH is 1. The van der Waals surface area contributed by atoms with Crippen molar-refractivity contribution in [2.75, 3.05) is 18.2 Å². The van der Waals surface area contributed by atoms with E-state index in [9.17, 15) is 19.5 Å². The molecule has 4 saturated carbocycles. The van der Waals surface area contributed by atoms with Crippen molar-refractivity contribution in [2.45, 2.75) is 96.5 Å². The second kappa shape index (κ2) is 12.3. The lowest BCUT2D eigenvalue weighted by Gasteiger charge is -2.59. The molecule has 4 aliphatic rings. The highest BCUT2D eigenvalue weighted by Gasteiger charge is 2.63. The molecule has 1 aromatic carbocycles. The van der Waals surface area contributed by atoms with E-state index < -0.39 is 6.09 Å². The van der Waals surface area contributed by atoms with Crippen molar-refractivity contribution in [2.24, 2.45) is 40.4 Å². The van der Waals surface area contributed by atoms with E-state index in [4.69, 9.17) is 0 Å². The number of hydrogen-bond acceptors (Lipinski definition) is 7. The van der Waals surface area contributed by atoms with Crippen LogP contribution in [0.15, 0.2) is 23.1 Å². The summed E-state index contributed by atoms with van der Waals surface area (Å²) in [6, 6.07) is 6.00. The Bertz CT molecular complexity index is 1330. The smallest absolute Gasteiger partial charge is 0.413 e. The van der Waals surface area contributed by atoms with Gasteiger partial charge < -0.3 is 14.8 Å². The molecule has 4 aliphatic carbocycles. The lowest BCUT2D eigenvalue weighted by molar-refractivity contribution is -0.162. The van der Waals surface area contributed by atoms with Crippen molar-refractivity contribution in [1.82, 2.24) is 9.97 Å². The first-order valence-electron chi connectivity index (χ1n) is 15.7. The maximum absolute atomic E-state index is 13.3. The number of ether oxygens (including phenoxy) is 1. The highest BCUT2D eigenvalue weighted by Crippen LogP contribution is 2.66. The molecule has 6 rings (SSSR count). The van der Waals surface area contributed by atoms with E-state index >= 15 is 0 Å². The summed E-state index contributed by atoms with van der Waals surface area (Å²) in [5.74, 6) is 3.97. The Morgan fingerprint density at radius 2 is 1.95 bits per heavy atom. The average Bonchev–Trinajstić information content (AvgIpc) is 3.51. The van der Waals surface area contributed by atoms with Crippen LogP contribution in [0.1, 0.15) is 85.5 Å². The number of nitrogens with zero attached hydrogens (tertiary/aromatic N) is 1. The SMILES string of the molecule is CC(=O)[C@H]1CC[C@H]2[C@@H]3CC[C@H]4C[C@H](O)CC[C@]4(C)[C@H]3C(=O)C[C@]12C.CCCSc1ccc2nc(NC(=O)OC)[nH]c2c1. The zero-order valence-electron chi connectivity index (χ0n) is 25.7. The number of aliphatic hydroxyl groups is 1. The standard InChI is InChI=1S/C21H32O3.C12H15N3O2S/c1-12(22)16-6-7-17-15-5-4-13-10-14(23)8-9-20(13,2)19(15)18(24)11-21(16,17)3;1-3-6-18-8-4-5-9-10(7-8)14-11(13-9)15-12(16)17-2/h13-17,19,23H,4-11H2,1-3H3;4-5,7H,3,6H2,1-2H3,(H2,13,14,15,16)/t13-,14+,15-,16+,17-,19+,20-,21+;/m0./s1. The molecule has 0 radical (unpaired) electrons. The molecule has 0 unspecified atom stereocenters. The molecule has 0 aliphatic heterocycles. The van der Waals surface area contributed by atoms with Crippen LogP contribution in [-0.4, -0.2) is 51.7 Å². The molecule has 230 valence electrons. The number of thioether (sulfide) groups is 1. The maximum Gasteiger partial charge on any atom is 0.413 e. The Kier molecular flexibility index (Phi) is 9.10. The van der Waals surface area contributed by atoms with Gasteiger partial charge in [-0.25, -0.2) is 9.78 Å². The number of H-pyrrole nitrogens is 1. The van der Waals surface area contributed by atoms with E-state index in [1.165, 1.54) is 12.0 Å². The molecule has 8 atom stereocenters. The molecular weight excluding hydrogens is 550 g/mol. The number of fused-ring (bicyclic) bond motifs is 6. The second-order valence-electron chi connectivity index (χ2n) is 13.6. The van der Waals surface area contributed by atoms with Gasteiger partial charge in [0.05, 0.1) is 24.2 Å². The van der Waals surface area contributed by atoms with Gasteiger partial charge in [0, 0.05) is 23.2 Å². The quantitative estimate of drug-likeness (QED) is 0.317. The van der Waals surface area contributed by atoms with Crippen molar-refractivity contribution in [1.29, 1.82) is 0 Å². The minimum atomic E-state index is -0.533. The van der Waals surface area contributed by atoms with Gasteiger partial charge in [0.2, 0.25) is 5.95 Å². The van der Waals surface area contributed by atoms with Crippen molar-refractivity contribution in [3.8, 4) is 0 Å². The predicted octanol–water partition coefficient (Wildman–Crippen LogP) is 7.02. The summed E-state index contributed by atoms with van der Waals surface area (Å²) in [5.41, 5.74) is 1.71. The summed E-state index contributed by atoms with van der Waals surface area (Å²) in [6.45, 7) is 8.43. The minimum Gasteiger partial charge on any atom is -0.453 e. The van der Waals surface area contributed by atoms with Crippen LogP contribution >= 0.6 is 11.8 Å². The molecule has 42 heavy (non-hydrogen) atoms. The molecule has 1 heterocycles. The predicted molar refractivity (Wildman–Crippen MR) is 165 cm³/mol. The Hall–Kier alpha value is -2.39. The second-order valence-corrected chi connectivity index (χ2v) is 14.7. The summed E-state index contributed by atoms with van der Waals surface area (Å²) in [7, 11) is 1.32. The Labute approximate surface area is 253 Å². The van der Waals surface area contributed by atoms with Crippen LogP contribution in [0.5, 0.6) is 0 Å². The van der Waals surface area contributed by atoms with Gasteiger partial charge in [-0.05, 0) is 111 Å². The summed E-state index contributed by atoms with van der Waals surface area (Å²) in [4.78, 5) is 45.0. The number of aromatic amines is 1. The van der Waals surface area contributed by atoms with Crippen LogP contribution in [-0.2, 0) is 14.3 Å². The van der Waals surface area contributed by atoms with Gasteiger partial charge in [-0.15, -0.1) is 11.8 Å². The topological polar surface area (TPSA) is 121 Å². The van der Waals surface area contributed by atoms with Crippen LogP contribution in [0.2, 0.25) is 0 Å². The zero-order chi connectivity index (χ0) is 30.2. The van der Waals surface area contributed by atoms with E-state index in [0.29, 0.717) is 35.9 Å². The van der Waals surface area contributed by atoms with Crippen molar-refractivity contribution < 1.29 is 24.2 Å². The lowest BCUT2D eigenvalue weighted by atomic mass is 9.44. The molecule has 1 aromatic heterocycles. The van der Waals surface area contributed by atoms with Crippen LogP contribution in [0.4, 0.5) is 10.7 Å². The summed E-state index contributed by atoms with van der Waals surface area (Å²) >= 11 is 1.80. The average molecular weight is 598 g/mol. The molecule has 9 heteroatoms. The number of anilines is 1. The zero-order valence-corrected chi connectivity index (χ0v) is 26.5. The van der Waals surface area contributed by atoms with E-state index in [1.807, 2.05) is 18.2 Å². The van der Waals surface area contributed by atoms with Gasteiger partial charge in [0.15, 0.2) is 0 Å². The van der Waals surface area contributed by atoms with Crippen LogP contribution in [0.3, 0.4) is 0 Å². The first-order valence-corrected chi connectivity index (χ1v) is 16.7. The maximum atomic E-state index is 13.3. The third kappa shape index (κ3) is 5.75. The number of Topliss-reactive ketones (excluding diaryl/α,β-unsaturated/α-hetero) is 2. The fourth-order valence-electron chi connectivity index (χ4n) is 9.22. The fourth-order valence-corrected chi connectivity index (χ4v) is 10.0. The number of imidazole rings is 1. The molecule has 4 fully saturated rings. The Morgan fingerprint density at radius 3 is 2.67 bits per heavy atom. The molecule has 2 aromatic rings. The minimum absolute atomic E-state index is 0.0782. The molecule has 0 spiro atoms. The summed E-state index contributed by atoms with van der Waals surface area (Å²) in [6.07, 6.45) is 8.14. The number of nitrogens with one attached hydrogen (secondary N) is 2. The Balaban J connectivity index is 0.000000176. The van der Waals surface area contributed by atoms with Crippen LogP contribution in [0.25, 0.3) is 11.0 Å². The van der Waals surface area contributed by atoms with Gasteiger partial charge in [-0.3, -0.25) is 14.9 Å². The third-order valence-corrected chi connectivity index (χ3v) is 12.3. The molecule has 0 saturated heterocycles. The van der Waals surface area contributed by atoms with Gasteiger partial charge in [-0.2, -0.15) is 0 Å². The number of hydrogen-bond donors (Lipinski definition) is 3. The number of amides is 1. The van der Waals surface area contributed by atoms with E-state index in [1.54, 1.807) is 18.7 Å². The van der Waals surface area contributed by atoms with Gasteiger partial charge in [0.25, 0.3) is 0 Å². The van der Waals surface area contributed by atoms with Crippen LogP contribution < -0.4 is 5.32 Å². The third-order valence-electron chi connectivity index (χ3n) is 11.1. The first kappa shape index (κ1) is 31.0. The fraction of sp³-hybridized carbons (Fsp3) is 0.697. The monoisotopic (exact) mass is 597 g/mol. The number of benzene rings is 1. The van der Waals surface area contributed by atoms with Gasteiger partial charge in [0.1, 0.15) is 11.6 Å². The largest absolute Gasteiger partial charge is 0.453 e. The van der Waals surface area contributed by atoms with Crippen molar-refractivity contribution in [3.63, 3.8) is 0 Å². The Morgan fingerprint density at radius 1 is 1.17 bits per heavy atom. The van der Waals surface area contributed by atoms with E-state index in [0.717, 1.165) is 68.2 Å². The number of carbonyl (C=O) groups is 3. The normalized spacial score (nSPS) is 35.3. The molecule has 8 nitrogen and oxygen atoms in total. The van der Waals surface area contributed by atoms with E-state index in [-0.39, 0.29) is 34.6 Å². The molecule has 3 N–H and O–H groups in total. The number of rotatable bonds is 5.